The molecule has 0 saturated heterocycles. The summed E-state index contributed by atoms with van der Waals surface area (Å²) in [4.78, 5) is 34.7. The first-order valence-electron chi connectivity index (χ1n) is 21.2. The molecule has 0 rings (SSSR count). The van der Waals surface area contributed by atoms with Crippen LogP contribution >= 0.6 is 7.82 Å². The number of phosphoric ester groups is 1. The lowest BCUT2D eigenvalue weighted by Gasteiger charge is -2.19. The molecule has 0 fully saturated rings. The van der Waals surface area contributed by atoms with E-state index in [0.29, 0.717) is 0 Å². The van der Waals surface area contributed by atoms with E-state index in [1.165, 1.54) is 154 Å². The molecule has 0 bridgehead atoms. The number of hydrogen-bond donors (Lipinski definition) is 2. The lowest BCUT2D eigenvalue weighted by atomic mass is 10.0. The van der Waals surface area contributed by atoms with Gasteiger partial charge in [-0.1, -0.05) is 187 Å². The van der Waals surface area contributed by atoms with Crippen molar-refractivity contribution in [2.24, 2.45) is 5.73 Å². The molecule has 0 aromatic heterocycles. The molecule has 0 aliphatic heterocycles. The summed E-state index contributed by atoms with van der Waals surface area (Å²) in [7, 11) is -4.38. The molecular formula is C41H80NO8P. The summed E-state index contributed by atoms with van der Waals surface area (Å²) < 4.78 is 32.6. The molecule has 302 valence electrons. The molecule has 1 unspecified atom stereocenters. The molecule has 0 aliphatic carbocycles. The van der Waals surface area contributed by atoms with Crippen LogP contribution in [0.15, 0.2) is 12.2 Å². The summed E-state index contributed by atoms with van der Waals surface area (Å²) in [5, 5.41) is 0. The lowest BCUT2D eigenvalue weighted by Crippen LogP contribution is -2.29. The Morgan fingerprint density at radius 1 is 0.608 bits per heavy atom. The highest BCUT2D eigenvalue weighted by Gasteiger charge is 2.25. The summed E-state index contributed by atoms with van der Waals surface area (Å²) in [5.74, 6) is -1.01. The molecule has 51 heavy (non-hydrogen) atoms. The van der Waals surface area contributed by atoms with Gasteiger partial charge in [-0.05, 0) is 19.3 Å². The van der Waals surface area contributed by atoms with Crippen LogP contribution in [0.25, 0.3) is 0 Å². The van der Waals surface area contributed by atoms with E-state index >= 15 is 0 Å². The quantitative estimate of drug-likeness (QED) is 0.0272. The normalized spacial score (nSPS) is 13.4. The second kappa shape index (κ2) is 38.5. The van der Waals surface area contributed by atoms with Crippen LogP contribution in [0.2, 0.25) is 0 Å². The molecule has 0 heterocycles. The topological polar surface area (TPSA) is 134 Å². The highest BCUT2D eigenvalue weighted by atomic mass is 31.2. The third-order valence-corrected chi connectivity index (χ3v) is 10.2. The second-order valence-corrected chi connectivity index (χ2v) is 15.7. The van der Waals surface area contributed by atoms with Crippen molar-refractivity contribution < 1.29 is 37.6 Å². The average Bonchev–Trinajstić information content (AvgIpc) is 3.11. The Balaban J connectivity index is 4.18. The van der Waals surface area contributed by atoms with Crippen LogP contribution in [-0.4, -0.2) is 49.3 Å². The van der Waals surface area contributed by atoms with Crippen LogP contribution in [0, 0.1) is 0 Å². The molecule has 0 saturated carbocycles. The van der Waals surface area contributed by atoms with E-state index in [1.54, 1.807) is 6.08 Å². The molecule has 0 amide bonds. The number of ether oxygens (including phenoxy) is 2. The number of allylic oxidation sites excluding steroid dienone is 1. The summed E-state index contributed by atoms with van der Waals surface area (Å²) in [6.45, 7) is 3.68. The van der Waals surface area contributed by atoms with Gasteiger partial charge in [0.1, 0.15) is 6.61 Å². The van der Waals surface area contributed by atoms with E-state index in [4.69, 9.17) is 24.3 Å². The van der Waals surface area contributed by atoms with Gasteiger partial charge in [0.25, 0.3) is 0 Å². The second-order valence-electron chi connectivity index (χ2n) is 14.3. The lowest BCUT2D eigenvalue weighted by molar-refractivity contribution is -0.157. The van der Waals surface area contributed by atoms with Gasteiger partial charge in [-0.15, -0.1) is 0 Å². The minimum absolute atomic E-state index is 0.0489. The van der Waals surface area contributed by atoms with Gasteiger partial charge in [0.2, 0.25) is 0 Å². The van der Waals surface area contributed by atoms with Crippen LogP contribution in [0.4, 0.5) is 0 Å². The third kappa shape index (κ3) is 38.3. The summed E-state index contributed by atoms with van der Waals surface area (Å²) >= 11 is 0. The summed E-state index contributed by atoms with van der Waals surface area (Å²) in [6.07, 6.45) is 38.6. The largest absolute Gasteiger partial charge is 0.472 e. The van der Waals surface area contributed by atoms with E-state index in [2.05, 4.69) is 13.8 Å². The van der Waals surface area contributed by atoms with Gasteiger partial charge in [-0.3, -0.25) is 13.8 Å². The fourth-order valence-electron chi connectivity index (χ4n) is 6.06. The van der Waals surface area contributed by atoms with Gasteiger partial charge in [0, 0.05) is 19.0 Å². The first-order valence-corrected chi connectivity index (χ1v) is 22.7. The number of rotatable bonds is 40. The fourth-order valence-corrected chi connectivity index (χ4v) is 6.83. The molecule has 3 N–H and O–H groups in total. The SMILES string of the molecule is CCCCCCCCCCCCCCCC=CC(=O)O[C@H](COC(=O)CCCCCCCCCCCCCCCCC)COP(=O)(O)OCCN. The van der Waals surface area contributed by atoms with Gasteiger partial charge in [-0.25, -0.2) is 9.36 Å². The van der Waals surface area contributed by atoms with Gasteiger partial charge in [-0.2, -0.15) is 0 Å². The zero-order valence-corrected chi connectivity index (χ0v) is 34.0. The number of nitrogens with two attached hydrogens (primary N) is 1. The van der Waals surface area contributed by atoms with E-state index in [-0.39, 0.29) is 26.2 Å². The van der Waals surface area contributed by atoms with Crippen molar-refractivity contribution in [2.45, 2.75) is 213 Å². The number of carbonyl (C=O) groups is 2. The Bertz CT molecular complexity index is 856. The highest BCUT2D eigenvalue weighted by Crippen LogP contribution is 2.43. The standard InChI is InChI=1S/C41H80NO8P/c1-3-5-7-9-11-13-15-17-19-21-23-25-27-29-31-33-40(43)47-37-39(38-49-51(45,46)48-36-35-42)50-41(44)34-32-30-28-26-24-22-20-18-16-14-12-10-8-6-4-2/h32,34,39H,3-31,33,35-38,42H2,1-2H3,(H,45,46)/t39-/m1/s1. The molecule has 2 atom stereocenters. The maximum absolute atomic E-state index is 12.5. The number of esters is 2. The van der Waals surface area contributed by atoms with E-state index in [0.717, 1.165) is 38.5 Å². The number of unbranched alkanes of at least 4 members (excludes halogenated alkanes) is 27. The van der Waals surface area contributed by atoms with E-state index in [1.807, 2.05) is 0 Å². The van der Waals surface area contributed by atoms with Gasteiger partial charge < -0.3 is 20.1 Å². The summed E-state index contributed by atoms with van der Waals surface area (Å²) in [5.41, 5.74) is 5.34. The molecule has 0 spiro atoms. The van der Waals surface area contributed by atoms with Crippen LogP contribution in [-0.2, 0) is 32.7 Å². The van der Waals surface area contributed by atoms with Gasteiger partial charge in [0.15, 0.2) is 6.10 Å². The predicted octanol–water partition coefficient (Wildman–Crippen LogP) is 11.8. The Hall–Kier alpha value is -1.25. The van der Waals surface area contributed by atoms with Crippen LogP contribution in [0.5, 0.6) is 0 Å². The monoisotopic (exact) mass is 746 g/mol. The highest BCUT2D eigenvalue weighted by molar-refractivity contribution is 7.47. The minimum atomic E-state index is -4.38. The van der Waals surface area contributed by atoms with Crippen molar-refractivity contribution in [3.05, 3.63) is 12.2 Å². The molecule has 0 radical (unpaired) electrons. The summed E-state index contributed by atoms with van der Waals surface area (Å²) in [6, 6.07) is 0. The van der Waals surface area contributed by atoms with Crippen molar-refractivity contribution >= 4 is 19.8 Å². The zero-order chi connectivity index (χ0) is 37.5. The minimum Gasteiger partial charge on any atom is -0.462 e. The Labute approximate surface area is 313 Å². The Morgan fingerprint density at radius 2 is 1.02 bits per heavy atom. The molecular weight excluding hydrogens is 665 g/mol. The van der Waals surface area contributed by atoms with E-state index in [9.17, 15) is 19.0 Å². The number of hydrogen-bond acceptors (Lipinski definition) is 8. The molecule has 10 heteroatoms. The van der Waals surface area contributed by atoms with Crippen molar-refractivity contribution in [1.82, 2.24) is 0 Å². The Kier molecular flexibility index (Phi) is 37.5. The van der Waals surface area contributed by atoms with Gasteiger partial charge in [0.05, 0.1) is 13.2 Å². The van der Waals surface area contributed by atoms with Crippen LogP contribution < -0.4 is 5.73 Å². The van der Waals surface area contributed by atoms with Gasteiger partial charge >= 0.3 is 19.8 Å². The maximum Gasteiger partial charge on any atom is 0.472 e. The molecule has 0 aromatic carbocycles. The predicted molar refractivity (Wildman–Crippen MR) is 211 cm³/mol. The first kappa shape index (κ1) is 49.8. The molecule has 9 nitrogen and oxygen atoms in total. The molecule has 0 aromatic rings. The first-order chi connectivity index (χ1) is 24.8. The van der Waals surface area contributed by atoms with Crippen molar-refractivity contribution in [3.8, 4) is 0 Å². The van der Waals surface area contributed by atoms with Crippen LogP contribution in [0.1, 0.15) is 206 Å². The smallest absolute Gasteiger partial charge is 0.462 e. The average molecular weight is 746 g/mol. The number of carbonyl (C=O) groups excluding carboxylic acids is 2. The Morgan fingerprint density at radius 3 is 1.45 bits per heavy atom. The fraction of sp³-hybridized carbons (Fsp3) is 0.902. The van der Waals surface area contributed by atoms with E-state index < -0.39 is 32.5 Å². The third-order valence-electron chi connectivity index (χ3n) is 9.22. The maximum atomic E-state index is 12.5. The van der Waals surface area contributed by atoms with Crippen molar-refractivity contribution in [3.63, 3.8) is 0 Å². The molecule has 0 aliphatic rings. The van der Waals surface area contributed by atoms with Crippen LogP contribution in [0.3, 0.4) is 0 Å². The number of phosphoric acid groups is 1. The van der Waals surface area contributed by atoms with Crippen molar-refractivity contribution in [2.75, 3.05) is 26.4 Å². The van der Waals surface area contributed by atoms with Crippen molar-refractivity contribution in [1.29, 1.82) is 0 Å². The zero-order valence-electron chi connectivity index (χ0n) is 33.1.